The van der Waals surface area contributed by atoms with Crippen LogP contribution in [0.15, 0.2) is 54.6 Å². The van der Waals surface area contributed by atoms with Crippen LogP contribution in [0.3, 0.4) is 0 Å². The van der Waals surface area contributed by atoms with Gasteiger partial charge in [0.2, 0.25) is 0 Å². The van der Waals surface area contributed by atoms with Gasteiger partial charge in [0.1, 0.15) is 0 Å². The molecule has 0 radical (unpaired) electrons. The van der Waals surface area contributed by atoms with Crippen molar-refractivity contribution in [1.29, 1.82) is 0 Å². The van der Waals surface area contributed by atoms with Gasteiger partial charge in [-0.3, -0.25) is 0 Å². The summed E-state index contributed by atoms with van der Waals surface area (Å²) >= 11 is 0. The van der Waals surface area contributed by atoms with Crippen LogP contribution in [0.4, 0.5) is 23.7 Å². The van der Waals surface area contributed by atoms with E-state index in [1.165, 1.54) is 12.1 Å². The summed E-state index contributed by atoms with van der Waals surface area (Å²) < 4.78 is 37.9. The summed E-state index contributed by atoms with van der Waals surface area (Å²) in [4.78, 5) is 11.7. The van der Waals surface area contributed by atoms with Crippen molar-refractivity contribution in [2.45, 2.75) is 12.3 Å². The van der Waals surface area contributed by atoms with E-state index >= 15 is 0 Å². The second-order valence-electron chi connectivity index (χ2n) is 4.84. The highest BCUT2D eigenvalue weighted by Crippen LogP contribution is 2.30. The number of para-hydroxylation sites is 1. The van der Waals surface area contributed by atoms with Crippen molar-refractivity contribution in [2.24, 2.45) is 0 Å². The number of halogens is 3. The van der Waals surface area contributed by atoms with Crippen molar-refractivity contribution in [1.82, 2.24) is 5.32 Å². The molecule has 23 heavy (non-hydrogen) atoms. The number of nitrogens with one attached hydrogen (secondary N) is 2. The number of alkyl halides is 3. The molecular formula is C16H15F3N2O2. The van der Waals surface area contributed by atoms with E-state index in [9.17, 15) is 23.1 Å². The summed E-state index contributed by atoms with van der Waals surface area (Å²) in [5, 5.41) is 14.9. The molecule has 3 N–H and O–H groups in total. The first-order valence-electron chi connectivity index (χ1n) is 6.81. The summed E-state index contributed by atoms with van der Waals surface area (Å²) in [7, 11) is 0. The Morgan fingerprint density at radius 2 is 1.78 bits per heavy atom. The number of anilines is 1. The fraction of sp³-hybridized carbons (Fsp3) is 0.188. The van der Waals surface area contributed by atoms with Crippen molar-refractivity contribution in [2.75, 3.05) is 11.9 Å². The fourth-order valence-electron chi connectivity index (χ4n) is 1.93. The van der Waals surface area contributed by atoms with E-state index in [-0.39, 0.29) is 12.1 Å². The van der Waals surface area contributed by atoms with Crippen LogP contribution < -0.4 is 10.6 Å². The molecule has 4 nitrogen and oxygen atoms in total. The molecule has 0 spiro atoms. The third kappa shape index (κ3) is 5.00. The average molecular weight is 324 g/mol. The first-order chi connectivity index (χ1) is 10.9. The molecule has 0 saturated carbocycles. The van der Waals surface area contributed by atoms with E-state index in [0.29, 0.717) is 5.69 Å². The lowest BCUT2D eigenvalue weighted by Crippen LogP contribution is -2.32. The van der Waals surface area contributed by atoms with Crippen molar-refractivity contribution in [3.05, 3.63) is 65.7 Å². The van der Waals surface area contributed by atoms with Crippen LogP contribution in [0.1, 0.15) is 17.2 Å². The molecule has 2 aromatic carbocycles. The predicted molar refractivity (Wildman–Crippen MR) is 79.9 cm³/mol. The lowest BCUT2D eigenvalue weighted by molar-refractivity contribution is -0.137. The van der Waals surface area contributed by atoms with Crippen LogP contribution in [-0.2, 0) is 6.18 Å². The summed E-state index contributed by atoms with van der Waals surface area (Å²) in [6, 6.07) is 12.5. The molecule has 0 heterocycles. The Balaban J connectivity index is 1.92. The molecular weight excluding hydrogens is 309 g/mol. The lowest BCUT2D eigenvalue weighted by atomic mass is 10.1. The van der Waals surface area contributed by atoms with Crippen LogP contribution in [0.2, 0.25) is 0 Å². The number of rotatable bonds is 4. The minimum absolute atomic E-state index is 0.0832. The Labute approximate surface area is 131 Å². The SMILES string of the molecule is O=C(NCC(O)c1cccc(C(F)(F)F)c1)Nc1ccccc1. The largest absolute Gasteiger partial charge is 0.416 e. The van der Waals surface area contributed by atoms with Gasteiger partial charge in [-0.25, -0.2) is 4.79 Å². The van der Waals surface area contributed by atoms with E-state index in [0.717, 1.165) is 12.1 Å². The Morgan fingerprint density at radius 1 is 1.09 bits per heavy atom. The number of hydrogen-bond acceptors (Lipinski definition) is 2. The van der Waals surface area contributed by atoms with E-state index in [4.69, 9.17) is 0 Å². The molecule has 2 rings (SSSR count). The number of carbonyl (C=O) groups excluding carboxylic acids is 1. The number of aliphatic hydroxyl groups is 1. The maximum absolute atomic E-state index is 12.6. The third-order valence-corrected chi connectivity index (χ3v) is 3.09. The number of hydrogen-bond donors (Lipinski definition) is 3. The number of urea groups is 1. The molecule has 0 fully saturated rings. The topological polar surface area (TPSA) is 61.4 Å². The molecule has 0 aromatic heterocycles. The summed E-state index contributed by atoms with van der Waals surface area (Å²) in [6.07, 6.45) is -5.72. The van der Waals surface area contributed by atoms with Crippen molar-refractivity contribution in [3.63, 3.8) is 0 Å². The Bertz CT molecular complexity index is 660. The second kappa shape index (κ2) is 7.15. The number of benzene rings is 2. The Kier molecular flexibility index (Phi) is 5.23. The van der Waals surface area contributed by atoms with Crippen LogP contribution in [0.25, 0.3) is 0 Å². The minimum Gasteiger partial charge on any atom is -0.387 e. The van der Waals surface area contributed by atoms with Gasteiger partial charge in [0.05, 0.1) is 11.7 Å². The monoisotopic (exact) mass is 324 g/mol. The Morgan fingerprint density at radius 3 is 2.43 bits per heavy atom. The number of amides is 2. The highest BCUT2D eigenvalue weighted by atomic mass is 19.4. The van der Waals surface area contributed by atoms with Gasteiger partial charge in [0.25, 0.3) is 0 Å². The normalized spacial score (nSPS) is 12.5. The molecule has 0 bridgehead atoms. The maximum atomic E-state index is 12.6. The van der Waals surface area contributed by atoms with Gasteiger partial charge >= 0.3 is 12.2 Å². The van der Waals surface area contributed by atoms with Gasteiger partial charge in [0, 0.05) is 12.2 Å². The molecule has 0 aliphatic carbocycles. The van der Waals surface area contributed by atoms with Gasteiger partial charge in [-0.05, 0) is 29.8 Å². The van der Waals surface area contributed by atoms with Gasteiger partial charge in [-0.15, -0.1) is 0 Å². The van der Waals surface area contributed by atoms with E-state index in [1.807, 2.05) is 0 Å². The van der Waals surface area contributed by atoms with E-state index in [1.54, 1.807) is 30.3 Å². The van der Waals surface area contributed by atoms with Crippen molar-refractivity contribution in [3.8, 4) is 0 Å². The van der Waals surface area contributed by atoms with Gasteiger partial charge < -0.3 is 15.7 Å². The molecule has 7 heteroatoms. The molecule has 0 aliphatic rings. The lowest BCUT2D eigenvalue weighted by Gasteiger charge is -2.15. The quantitative estimate of drug-likeness (QED) is 0.805. The van der Waals surface area contributed by atoms with E-state index in [2.05, 4.69) is 10.6 Å². The van der Waals surface area contributed by atoms with Gasteiger partial charge in [-0.2, -0.15) is 13.2 Å². The van der Waals surface area contributed by atoms with Gasteiger partial charge in [0.15, 0.2) is 0 Å². The first-order valence-corrected chi connectivity index (χ1v) is 6.81. The molecule has 2 amide bonds. The molecule has 0 saturated heterocycles. The van der Waals surface area contributed by atoms with E-state index < -0.39 is 23.9 Å². The second-order valence-corrected chi connectivity index (χ2v) is 4.84. The zero-order valence-corrected chi connectivity index (χ0v) is 12.0. The molecule has 1 atom stereocenters. The molecule has 1 unspecified atom stereocenters. The van der Waals surface area contributed by atoms with Crippen molar-refractivity contribution < 1.29 is 23.1 Å². The molecule has 2 aromatic rings. The van der Waals surface area contributed by atoms with Crippen LogP contribution in [0, 0.1) is 0 Å². The highest BCUT2D eigenvalue weighted by molar-refractivity contribution is 5.89. The summed E-state index contributed by atoms with van der Waals surface area (Å²) in [6.45, 7) is -0.208. The number of aliphatic hydroxyl groups excluding tert-OH is 1. The Hall–Kier alpha value is -2.54. The third-order valence-electron chi connectivity index (χ3n) is 3.09. The van der Waals surface area contributed by atoms with Crippen LogP contribution >= 0.6 is 0 Å². The highest BCUT2D eigenvalue weighted by Gasteiger charge is 2.30. The first kappa shape index (κ1) is 16.8. The number of carbonyl (C=O) groups is 1. The zero-order valence-electron chi connectivity index (χ0n) is 12.0. The predicted octanol–water partition coefficient (Wildman–Crippen LogP) is 3.56. The van der Waals surface area contributed by atoms with Crippen LogP contribution in [-0.4, -0.2) is 17.7 Å². The smallest absolute Gasteiger partial charge is 0.387 e. The molecule has 122 valence electrons. The summed E-state index contributed by atoms with van der Waals surface area (Å²) in [5.41, 5.74) is -0.193. The van der Waals surface area contributed by atoms with Crippen molar-refractivity contribution >= 4 is 11.7 Å². The maximum Gasteiger partial charge on any atom is 0.416 e. The van der Waals surface area contributed by atoms with Gasteiger partial charge in [-0.1, -0.05) is 30.3 Å². The fourth-order valence-corrected chi connectivity index (χ4v) is 1.93. The average Bonchev–Trinajstić information content (AvgIpc) is 2.53. The zero-order chi connectivity index (χ0) is 16.9. The molecule has 0 aliphatic heterocycles. The standard InChI is InChI=1S/C16H15F3N2O2/c17-16(18,19)12-6-4-5-11(9-12)14(22)10-20-15(23)21-13-7-2-1-3-8-13/h1-9,14,22H,10H2,(H2,20,21,23). The van der Waals surface area contributed by atoms with Crippen LogP contribution in [0.5, 0.6) is 0 Å². The minimum atomic E-state index is -4.48. The summed E-state index contributed by atoms with van der Waals surface area (Å²) in [5.74, 6) is 0.